The number of carbonyl (C=O) groups excluding carboxylic acids is 2. The van der Waals surface area contributed by atoms with Crippen molar-refractivity contribution in [3.8, 4) is 5.75 Å². The highest BCUT2D eigenvalue weighted by Gasteiger charge is 2.32. The number of anilines is 1. The molecule has 7 nitrogen and oxygen atoms in total. The van der Waals surface area contributed by atoms with E-state index < -0.39 is 11.9 Å². The molecule has 26 heavy (non-hydrogen) atoms. The molecule has 0 saturated heterocycles. The topological polar surface area (TPSA) is 74.3 Å². The summed E-state index contributed by atoms with van der Waals surface area (Å²) in [7, 11) is 2.49. The molecule has 1 saturated carbocycles. The predicted octanol–water partition coefficient (Wildman–Crippen LogP) is 2.52. The van der Waals surface area contributed by atoms with Crippen molar-refractivity contribution in [2.24, 2.45) is 5.92 Å². The maximum Gasteiger partial charge on any atom is 0.355 e. The van der Waals surface area contributed by atoms with Crippen LogP contribution in [0.15, 0.2) is 29.5 Å². The summed E-state index contributed by atoms with van der Waals surface area (Å²) in [6, 6.07) is 5.15. The van der Waals surface area contributed by atoms with E-state index in [4.69, 9.17) is 30.5 Å². The van der Waals surface area contributed by atoms with Crippen LogP contribution in [0.3, 0.4) is 0 Å². The number of nitrogens with zero attached hydrogens (tertiary/aromatic N) is 1. The molecule has 0 atom stereocenters. The Balaban J connectivity index is 1.91. The first-order chi connectivity index (χ1) is 12.5. The highest BCUT2D eigenvalue weighted by Crippen LogP contribution is 2.35. The van der Waals surface area contributed by atoms with Gasteiger partial charge in [0.15, 0.2) is 0 Å². The van der Waals surface area contributed by atoms with Crippen LogP contribution in [-0.2, 0) is 23.8 Å². The first-order valence-electron chi connectivity index (χ1n) is 8.22. The minimum atomic E-state index is -0.654. The molecular formula is C18H20ClNO6. The zero-order valence-corrected chi connectivity index (χ0v) is 15.4. The molecule has 8 heteroatoms. The molecule has 1 aromatic carbocycles. The zero-order chi connectivity index (χ0) is 18.7. The summed E-state index contributed by atoms with van der Waals surface area (Å²) in [5.74, 6) is -0.112. The van der Waals surface area contributed by atoms with Crippen LogP contribution >= 0.6 is 11.6 Å². The van der Waals surface area contributed by atoms with Crippen molar-refractivity contribution in [3.63, 3.8) is 0 Å². The molecule has 0 N–H and O–H groups in total. The average Bonchev–Trinajstić information content (AvgIpc) is 3.49. The second kappa shape index (κ2) is 7.97. The van der Waals surface area contributed by atoms with Crippen LogP contribution < -0.4 is 9.64 Å². The molecule has 0 bridgehead atoms. The standard InChI is InChI=1S/C18H20ClNO6/c1-23-17(21)13-9-25-10-20(16(13)18(22)24-2)12-5-6-15(14(19)7-12)26-8-11-3-4-11/h5-7,11H,3-4,8-10H2,1-2H3. The Labute approximate surface area is 156 Å². The van der Waals surface area contributed by atoms with Crippen molar-refractivity contribution < 1.29 is 28.5 Å². The van der Waals surface area contributed by atoms with Crippen LogP contribution in [0.5, 0.6) is 5.75 Å². The summed E-state index contributed by atoms with van der Waals surface area (Å²) in [6.07, 6.45) is 2.37. The molecular weight excluding hydrogens is 362 g/mol. The molecule has 1 aromatic rings. The summed E-state index contributed by atoms with van der Waals surface area (Å²) >= 11 is 6.32. The average molecular weight is 382 g/mol. The molecule has 0 aromatic heterocycles. The molecule has 2 aliphatic rings. The van der Waals surface area contributed by atoms with E-state index in [0.717, 1.165) is 0 Å². The number of carbonyl (C=O) groups is 2. The Bertz CT molecular complexity index is 743. The normalized spacial score (nSPS) is 17.1. The van der Waals surface area contributed by atoms with Gasteiger partial charge in [-0.3, -0.25) is 0 Å². The number of esters is 2. The van der Waals surface area contributed by atoms with Crippen molar-refractivity contribution in [2.45, 2.75) is 12.8 Å². The quantitative estimate of drug-likeness (QED) is 0.701. The maximum atomic E-state index is 12.3. The van der Waals surface area contributed by atoms with E-state index in [0.29, 0.717) is 29.0 Å². The number of benzene rings is 1. The van der Waals surface area contributed by atoms with Gasteiger partial charge in [-0.25, -0.2) is 9.59 Å². The first kappa shape index (κ1) is 18.5. The van der Waals surface area contributed by atoms with Gasteiger partial charge in [0.05, 0.1) is 38.0 Å². The number of rotatable bonds is 6. The van der Waals surface area contributed by atoms with Gasteiger partial charge in [0, 0.05) is 5.69 Å². The van der Waals surface area contributed by atoms with Gasteiger partial charge in [0.25, 0.3) is 0 Å². The molecule has 1 aliphatic carbocycles. The lowest BCUT2D eigenvalue weighted by atomic mass is 10.1. The first-order valence-corrected chi connectivity index (χ1v) is 8.60. The molecule has 0 unspecified atom stereocenters. The Hall–Kier alpha value is -2.25. The van der Waals surface area contributed by atoms with Gasteiger partial charge in [-0.1, -0.05) is 11.6 Å². The van der Waals surface area contributed by atoms with Crippen LogP contribution in [-0.4, -0.2) is 46.1 Å². The summed E-state index contributed by atoms with van der Waals surface area (Å²) < 4.78 is 20.7. The van der Waals surface area contributed by atoms with E-state index in [9.17, 15) is 9.59 Å². The third-order valence-corrected chi connectivity index (χ3v) is 4.53. The van der Waals surface area contributed by atoms with Crippen molar-refractivity contribution in [1.82, 2.24) is 0 Å². The fraction of sp³-hybridized carbons (Fsp3) is 0.444. The number of methoxy groups -OCH3 is 2. The summed E-state index contributed by atoms with van der Waals surface area (Å²) in [5, 5.41) is 0.414. The highest BCUT2D eigenvalue weighted by molar-refractivity contribution is 6.32. The fourth-order valence-corrected chi connectivity index (χ4v) is 2.84. The molecule has 1 aliphatic heterocycles. The number of ether oxygens (including phenoxy) is 4. The summed E-state index contributed by atoms with van der Waals surface area (Å²) in [6.45, 7) is 0.680. The largest absolute Gasteiger partial charge is 0.492 e. The Kier molecular flexibility index (Phi) is 5.68. The molecule has 0 radical (unpaired) electrons. The van der Waals surface area contributed by atoms with Crippen molar-refractivity contribution in [3.05, 3.63) is 34.5 Å². The van der Waals surface area contributed by atoms with Gasteiger partial charge in [-0.15, -0.1) is 0 Å². The van der Waals surface area contributed by atoms with E-state index in [-0.39, 0.29) is 24.6 Å². The van der Waals surface area contributed by atoms with Gasteiger partial charge in [-0.2, -0.15) is 0 Å². The summed E-state index contributed by atoms with van der Waals surface area (Å²) in [5.41, 5.74) is 0.749. The monoisotopic (exact) mass is 381 g/mol. The lowest BCUT2D eigenvalue weighted by Crippen LogP contribution is -2.38. The minimum absolute atomic E-state index is 0.0378. The zero-order valence-electron chi connectivity index (χ0n) is 14.6. The molecule has 3 rings (SSSR count). The van der Waals surface area contributed by atoms with E-state index >= 15 is 0 Å². The highest BCUT2D eigenvalue weighted by atomic mass is 35.5. The molecule has 140 valence electrons. The van der Waals surface area contributed by atoms with Gasteiger partial charge in [0.1, 0.15) is 18.2 Å². The predicted molar refractivity (Wildman–Crippen MR) is 94.0 cm³/mol. The third kappa shape index (κ3) is 3.94. The Morgan fingerprint density at radius 3 is 2.58 bits per heavy atom. The Morgan fingerprint density at radius 1 is 1.23 bits per heavy atom. The van der Waals surface area contributed by atoms with Crippen molar-refractivity contribution >= 4 is 29.2 Å². The summed E-state index contributed by atoms with van der Waals surface area (Å²) in [4.78, 5) is 25.8. The Morgan fingerprint density at radius 2 is 1.96 bits per heavy atom. The number of halogens is 1. The van der Waals surface area contributed by atoms with Crippen LogP contribution in [0.2, 0.25) is 5.02 Å². The van der Waals surface area contributed by atoms with Crippen LogP contribution in [0, 0.1) is 5.92 Å². The van der Waals surface area contributed by atoms with E-state index in [1.165, 1.54) is 32.0 Å². The van der Waals surface area contributed by atoms with Gasteiger partial charge < -0.3 is 23.8 Å². The van der Waals surface area contributed by atoms with E-state index in [1.807, 2.05) is 0 Å². The number of hydrogen-bond acceptors (Lipinski definition) is 7. The van der Waals surface area contributed by atoms with Gasteiger partial charge in [-0.05, 0) is 37.0 Å². The SMILES string of the molecule is COC(=O)C1=C(C(=O)OC)N(c2ccc(OCC3CC3)c(Cl)c2)COC1. The van der Waals surface area contributed by atoms with Crippen molar-refractivity contribution in [1.29, 1.82) is 0 Å². The van der Waals surface area contributed by atoms with Gasteiger partial charge >= 0.3 is 11.9 Å². The number of hydrogen-bond donors (Lipinski definition) is 0. The van der Waals surface area contributed by atoms with E-state index in [1.54, 1.807) is 18.2 Å². The lowest BCUT2D eigenvalue weighted by molar-refractivity contribution is -0.140. The van der Waals surface area contributed by atoms with Crippen LogP contribution in [0.25, 0.3) is 0 Å². The maximum absolute atomic E-state index is 12.3. The lowest BCUT2D eigenvalue weighted by Gasteiger charge is -2.31. The van der Waals surface area contributed by atoms with Gasteiger partial charge in [0.2, 0.25) is 0 Å². The fourth-order valence-electron chi connectivity index (χ4n) is 2.61. The molecule has 0 spiro atoms. The third-order valence-electron chi connectivity index (χ3n) is 4.23. The minimum Gasteiger partial charge on any atom is -0.492 e. The van der Waals surface area contributed by atoms with Crippen LogP contribution in [0.4, 0.5) is 5.69 Å². The van der Waals surface area contributed by atoms with E-state index in [2.05, 4.69) is 0 Å². The molecule has 1 fully saturated rings. The molecule has 1 heterocycles. The molecule has 0 amide bonds. The second-order valence-corrected chi connectivity index (χ2v) is 6.49. The smallest absolute Gasteiger partial charge is 0.355 e. The van der Waals surface area contributed by atoms with Crippen LogP contribution in [0.1, 0.15) is 12.8 Å². The second-order valence-electron chi connectivity index (χ2n) is 6.09. The van der Waals surface area contributed by atoms with Crippen molar-refractivity contribution in [2.75, 3.05) is 39.1 Å².